The third-order valence-corrected chi connectivity index (χ3v) is 5.49. The smallest absolute Gasteiger partial charge is 0.232 e. The number of carbonyl (C=O) groups excluding carboxylic acids is 1. The molecule has 2 saturated heterocycles. The van der Waals surface area contributed by atoms with Crippen LogP contribution < -0.4 is 5.32 Å². The van der Waals surface area contributed by atoms with Gasteiger partial charge in [0.05, 0.1) is 5.75 Å². The normalized spacial score (nSPS) is 25.5. The van der Waals surface area contributed by atoms with Crippen molar-refractivity contribution in [3.05, 3.63) is 0 Å². The Morgan fingerprint density at radius 3 is 2.84 bits per heavy atom. The zero-order chi connectivity index (χ0) is 13.5. The summed E-state index contributed by atoms with van der Waals surface area (Å²) in [6, 6.07) is 0. The van der Waals surface area contributed by atoms with Crippen LogP contribution in [0.25, 0.3) is 0 Å². The quantitative estimate of drug-likeness (QED) is 0.794. The number of aliphatic hydroxyl groups is 1. The van der Waals surface area contributed by atoms with Gasteiger partial charge in [0.2, 0.25) is 5.91 Å². The first-order valence-corrected chi connectivity index (χ1v) is 8.55. The van der Waals surface area contributed by atoms with Crippen molar-refractivity contribution < 1.29 is 9.90 Å². The minimum atomic E-state index is 0.247. The first-order chi connectivity index (χ1) is 9.29. The van der Waals surface area contributed by atoms with E-state index in [2.05, 4.69) is 5.32 Å². The van der Waals surface area contributed by atoms with Crippen LogP contribution in [0.2, 0.25) is 0 Å². The Bertz CT molecular complexity index is 281. The molecule has 2 aliphatic rings. The zero-order valence-electron chi connectivity index (χ0n) is 11.6. The number of nitrogens with zero attached hydrogens (tertiary/aromatic N) is 1. The Labute approximate surface area is 120 Å². The molecule has 2 rings (SSSR count). The van der Waals surface area contributed by atoms with Gasteiger partial charge in [-0.3, -0.25) is 4.79 Å². The van der Waals surface area contributed by atoms with E-state index in [1.165, 1.54) is 12.8 Å². The van der Waals surface area contributed by atoms with E-state index in [1.54, 1.807) is 0 Å². The average Bonchev–Trinajstić information content (AvgIpc) is 2.46. The predicted octanol–water partition coefficient (Wildman–Crippen LogP) is 1.09. The molecular formula is C14H26N2O2S. The third kappa shape index (κ3) is 4.97. The number of amides is 1. The van der Waals surface area contributed by atoms with E-state index >= 15 is 0 Å². The number of carbonyl (C=O) groups is 1. The summed E-state index contributed by atoms with van der Waals surface area (Å²) in [5, 5.41) is 13.0. The van der Waals surface area contributed by atoms with E-state index < -0.39 is 0 Å². The lowest BCUT2D eigenvalue weighted by Gasteiger charge is -2.33. The van der Waals surface area contributed by atoms with Gasteiger partial charge in [-0.2, -0.15) is 0 Å². The molecule has 1 unspecified atom stereocenters. The summed E-state index contributed by atoms with van der Waals surface area (Å²) in [6.07, 6.45) is 5.46. The maximum Gasteiger partial charge on any atom is 0.232 e. The second kappa shape index (κ2) is 8.12. The highest BCUT2D eigenvalue weighted by molar-refractivity contribution is 8.00. The lowest BCUT2D eigenvalue weighted by molar-refractivity contribution is -0.130. The van der Waals surface area contributed by atoms with Crippen LogP contribution in [0.5, 0.6) is 0 Å². The SMILES string of the molecule is O=C(CSC1CCNCC1)N1CCCC(CCO)C1. The second-order valence-electron chi connectivity index (χ2n) is 5.62. The van der Waals surface area contributed by atoms with Crippen LogP contribution in [-0.2, 0) is 4.79 Å². The van der Waals surface area contributed by atoms with Gasteiger partial charge in [-0.1, -0.05) is 0 Å². The van der Waals surface area contributed by atoms with E-state index in [9.17, 15) is 4.79 Å². The van der Waals surface area contributed by atoms with Crippen molar-refractivity contribution in [1.29, 1.82) is 0 Å². The molecule has 0 bridgehead atoms. The van der Waals surface area contributed by atoms with Crippen molar-refractivity contribution in [3.63, 3.8) is 0 Å². The van der Waals surface area contributed by atoms with Crippen molar-refractivity contribution >= 4 is 17.7 Å². The molecule has 110 valence electrons. The largest absolute Gasteiger partial charge is 0.396 e. The number of rotatable bonds is 5. The highest BCUT2D eigenvalue weighted by Gasteiger charge is 2.24. The molecule has 0 aliphatic carbocycles. The molecule has 5 heteroatoms. The Kier molecular flexibility index (Phi) is 6.47. The van der Waals surface area contributed by atoms with Gasteiger partial charge in [0.1, 0.15) is 0 Å². The zero-order valence-corrected chi connectivity index (χ0v) is 12.5. The summed E-state index contributed by atoms with van der Waals surface area (Å²) >= 11 is 1.83. The van der Waals surface area contributed by atoms with Crippen LogP contribution in [0, 0.1) is 5.92 Å². The molecule has 4 nitrogen and oxygen atoms in total. The summed E-state index contributed by atoms with van der Waals surface area (Å²) in [4.78, 5) is 14.2. The van der Waals surface area contributed by atoms with Gasteiger partial charge in [-0.15, -0.1) is 11.8 Å². The van der Waals surface area contributed by atoms with Gasteiger partial charge in [-0.05, 0) is 51.1 Å². The van der Waals surface area contributed by atoms with Gasteiger partial charge in [-0.25, -0.2) is 0 Å². The van der Waals surface area contributed by atoms with E-state index in [4.69, 9.17) is 5.11 Å². The number of hydrogen-bond donors (Lipinski definition) is 2. The molecule has 2 fully saturated rings. The number of likely N-dealkylation sites (tertiary alicyclic amines) is 1. The van der Waals surface area contributed by atoms with E-state index in [1.807, 2.05) is 16.7 Å². The minimum Gasteiger partial charge on any atom is -0.396 e. The first kappa shape index (κ1) is 15.1. The Hall–Kier alpha value is -0.260. The topological polar surface area (TPSA) is 52.6 Å². The third-order valence-electron chi connectivity index (χ3n) is 4.14. The fourth-order valence-corrected chi connectivity index (χ4v) is 4.08. The highest BCUT2D eigenvalue weighted by atomic mass is 32.2. The fraction of sp³-hybridized carbons (Fsp3) is 0.929. The number of hydrogen-bond acceptors (Lipinski definition) is 4. The average molecular weight is 286 g/mol. The molecule has 19 heavy (non-hydrogen) atoms. The van der Waals surface area contributed by atoms with Crippen LogP contribution in [0.1, 0.15) is 32.1 Å². The van der Waals surface area contributed by atoms with Gasteiger partial charge in [0, 0.05) is 24.9 Å². The van der Waals surface area contributed by atoms with E-state index in [0.29, 0.717) is 22.8 Å². The van der Waals surface area contributed by atoms with Gasteiger partial charge >= 0.3 is 0 Å². The molecule has 0 saturated carbocycles. The first-order valence-electron chi connectivity index (χ1n) is 7.50. The molecule has 0 aromatic rings. The summed E-state index contributed by atoms with van der Waals surface area (Å²) in [5.74, 6) is 1.44. The molecule has 2 aliphatic heterocycles. The Morgan fingerprint density at radius 1 is 1.32 bits per heavy atom. The number of nitrogens with one attached hydrogen (secondary N) is 1. The van der Waals surface area contributed by atoms with Gasteiger partial charge in [0.15, 0.2) is 0 Å². The van der Waals surface area contributed by atoms with Crippen LogP contribution in [0.4, 0.5) is 0 Å². The Balaban J connectivity index is 1.69. The van der Waals surface area contributed by atoms with Crippen LogP contribution in [0.3, 0.4) is 0 Å². The second-order valence-corrected chi connectivity index (χ2v) is 6.91. The standard InChI is InChI=1S/C14H26N2O2S/c17-9-5-12-2-1-8-16(10-12)14(18)11-19-13-3-6-15-7-4-13/h12-13,15,17H,1-11H2. The highest BCUT2D eigenvalue weighted by Crippen LogP contribution is 2.23. The van der Waals surface area contributed by atoms with Crippen molar-refractivity contribution in [1.82, 2.24) is 10.2 Å². The summed E-state index contributed by atoms with van der Waals surface area (Å²) in [7, 11) is 0. The monoisotopic (exact) mass is 286 g/mol. The molecule has 1 amide bonds. The van der Waals surface area contributed by atoms with E-state index in [0.717, 1.165) is 45.4 Å². The predicted molar refractivity (Wildman–Crippen MR) is 79.4 cm³/mol. The van der Waals surface area contributed by atoms with Crippen LogP contribution >= 0.6 is 11.8 Å². The van der Waals surface area contributed by atoms with Crippen molar-refractivity contribution in [3.8, 4) is 0 Å². The van der Waals surface area contributed by atoms with Crippen molar-refractivity contribution in [2.24, 2.45) is 5.92 Å². The van der Waals surface area contributed by atoms with Crippen LogP contribution in [-0.4, -0.2) is 59.7 Å². The summed E-state index contributed by atoms with van der Waals surface area (Å²) in [6.45, 7) is 4.19. The Morgan fingerprint density at radius 2 is 2.11 bits per heavy atom. The maximum atomic E-state index is 12.2. The maximum absolute atomic E-state index is 12.2. The molecule has 0 spiro atoms. The van der Waals surface area contributed by atoms with Crippen molar-refractivity contribution in [2.45, 2.75) is 37.4 Å². The molecule has 1 atom stereocenters. The lowest BCUT2D eigenvalue weighted by atomic mass is 9.95. The lowest BCUT2D eigenvalue weighted by Crippen LogP contribution is -2.41. The molecule has 2 heterocycles. The number of piperidine rings is 2. The van der Waals surface area contributed by atoms with Gasteiger partial charge < -0.3 is 15.3 Å². The van der Waals surface area contributed by atoms with E-state index in [-0.39, 0.29) is 6.61 Å². The number of thioether (sulfide) groups is 1. The van der Waals surface area contributed by atoms with Crippen molar-refractivity contribution in [2.75, 3.05) is 38.5 Å². The fourth-order valence-electron chi connectivity index (χ4n) is 2.95. The molecule has 0 aromatic heterocycles. The molecule has 2 N–H and O–H groups in total. The summed E-state index contributed by atoms with van der Waals surface area (Å²) in [5.41, 5.74) is 0. The minimum absolute atomic E-state index is 0.247. The molecule has 0 radical (unpaired) electrons. The summed E-state index contributed by atoms with van der Waals surface area (Å²) < 4.78 is 0. The molecule has 0 aromatic carbocycles. The number of aliphatic hydroxyl groups excluding tert-OH is 1. The van der Waals surface area contributed by atoms with Gasteiger partial charge in [0.25, 0.3) is 0 Å². The van der Waals surface area contributed by atoms with Crippen LogP contribution in [0.15, 0.2) is 0 Å². The molecular weight excluding hydrogens is 260 g/mol.